The van der Waals surface area contributed by atoms with Crippen LogP contribution in [0.3, 0.4) is 0 Å². The molecule has 0 bridgehead atoms. The van der Waals surface area contributed by atoms with Crippen LogP contribution in [0, 0.1) is 6.92 Å². The molecule has 0 fully saturated rings. The molecule has 182 valence electrons. The highest BCUT2D eigenvalue weighted by atomic mass is 16.7. The SMILES string of the molecule is CCOC(=O)Oc1ccc(C(=O)Nc2cccc(NC(=O)CCCOc3ccc(C)cc3)c2)cc1. The number of nitrogens with one attached hydrogen (secondary N) is 2. The molecule has 0 radical (unpaired) electrons. The van der Waals surface area contributed by atoms with Crippen LogP contribution in [0.25, 0.3) is 0 Å². The molecule has 3 aromatic carbocycles. The quantitative estimate of drug-likeness (QED) is 0.225. The minimum atomic E-state index is -0.803. The fourth-order valence-electron chi connectivity index (χ4n) is 3.08. The predicted molar refractivity (Wildman–Crippen MR) is 133 cm³/mol. The normalized spacial score (nSPS) is 10.2. The van der Waals surface area contributed by atoms with Gasteiger partial charge in [-0.2, -0.15) is 0 Å². The lowest BCUT2D eigenvalue weighted by atomic mass is 10.2. The van der Waals surface area contributed by atoms with Crippen molar-refractivity contribution >= 4 is 29.3 Å². The summed E-state index contributed by atoms with van der Waals surface area (Å²) in [6, 6.07) is 20.7. The number of rotatable bonds is 10. The van der Waals surface area contributed by atoms with E-state index in [0.29, 0.717) is 36.4 Å². The van der Waals surface area contributed by atoms with E-state index in [9.17, 15) is 14.4 Å². The van der Waals surface area contributed by atoms with Crippen LogP contribution in [0.5, 0.6) is 11.5 Å². The number of benzene rings is 3. The second kappa shape index (κ2) is 12.8. The molecule has 35 heavy (non-hydrogen) atoms. The number of carbonyl (C=O) groups is 3. The van der Waals surface area contributed by atoms with E-state index < -0.39 is 6.16 Å². The third-order valence-electron chi connectivity index (χ3n) is 4.82. The van der Waals surface area contributed by atoms with Crippen LogP contribution in [-0.2, 0) is 9.53 Å². The van der Waals surface area contributed by atoms with Crippen molar-refractivity contribution in [1.82, 2.24) is 0 Å². The van der Waals surface area contributed by atoms with E-state index >= 15 is 0 Å². The summed E-state index contributed by atoms with van der Waals surface area (Å²) in [6.07, 6.45) is 0.0802. The first-order valence-electron chi connectivity index (χ1n) is 11.3. The molecule has 0 aromatic heterocycles. The molecule has 2 N–H and O–H groups in total. The Bertz CT molecular complexity index is 1140. The monoisotopic (exact) mass is 476 g/mol. The zero-order valence-electron chi connectivity index (χ0n) is 19.7. The summed E-state index contributed by atoms with van der Waals surface area (Å²) in [5.74, 6) is 0.567. The average molecular weight is 477 g/mol. The van der Waals surface area contributed by atoms with Gasteiger partial charge in [0.05, 0.1) is 13.2 Å². The van der Waals surface area contributed by atoms with Crippen molar-refractivity contribution in [3.05, 3.63) is 83.9 Å². The van der Waals surface area contributed by atoms with Crippen molar-refractivity contribution in [2.45, 2.75) is 26.7 Å². The Morgan fingerprint density at radius 3 is 2.17 bits per heavy atom. The van der Waals surface area contributed by atoms with Crippen LogP contribution in [0.15, 0.2) is 72.8 Å². The van der Waals surface area contributed by atoms with Gasteiger partial charge in [0.1, 0.15) is 11.5 Å². The topological polar surface area (TPSA) is 103 Å². The minimum absolute atomic E-state index is 0.141. The van der Waals surface area contributed by atoms with Gasteiger partial charge in [-0.1, -0.05) is 23.8 Å². The summed E-state index contributed by atoms with van der Waals surface area (Å²) < 4.78 is 15.3. The Morgan fingerprint density at radius 2 is 1.49 bits per heavy atom. The summed E-state index contributed by atoms with van der Waals surface area (Å²) in [7, 11) is 0. The summed E-state index contributed by atoms with van der Waals surface area (Å²) in [5, 5.41) is 5.62. The van der Waals surface area contributed by atoms with Gasteiger partial charge in [0, 0.05) is 23.4 Å². The second-order valence-corrected chi connectivity index (χ2v) is 7.66. The molecule has 8 heteroatoms. The highest BCUT2D eigenvalue weighted by Crippen LogP contribution is 2.18. The molecule has 0 saturated carbocycles. The van der Waals surface area contributed by atoms with Crippen molar-refractivity contribution in [2.75, 3.05) is 23.8 Å². The van der Waals surface area contributed by atoms with Gasteiger partial charge in [-0.15, -0.1) is 0 Å². The number of aryl methyl sites for hydroxylation is 1. The summed E-state index contributed by atoms with van der Waals surface area (Å²) in [4.78, 5) is 36.2. The summed E-state index contributed by atoms with van der Waals surface area (Å²) in [6.45, 7) is 4.34. The number of anilines is 2. The van der Waals surface area contributed by atoms with Crippen molar-refractivity contribution in [2.24, 2.45) is 0 Å². The van der Waals surface area contributed by atoms with Crippen LogP contribution >= 0.6 is 0 Å². The van der Waals surface area contributed by atoms with Crippen LogP contribution in [0.1, 0.15) is 35.7 Å². The molecule has 0 spiro atoms. The van der Waals surface area contributed by atoms with Gasteiger partial charge in [-0.25, -0.2) is 4.79 Å². The van der Waals surface area contributed by atoms with Gasteiger partial charge < -0.3 is 24.8 Å². The predicted octanol–water partition coefficient (Wildman–Crippen LogP) is 5.58. The van der Waals surface area contributed by atoms with Crippen molar-refractivity contribution in [3.8, 4) is 11.5 Å². The van der Waals surface area contributed by atoms with Crippen molar-refractivity contribution in [1.29, 1.82) is 0 Å². The summed E-state index contributed by atoms with van der Waals surface area (Å²) >= 11 is 0. The Hall–Kier alpha value is -4.33. The maximum atomic E-state index is 12.5. The average Bonchev–Trinajstić information content (AvgIpc) is 2.84. The van der Waals surface area contributed by atoms with Gasteiger partial charge in [0.15, 0.2) is 0 Å². The van der Waals surface area contributed by atoms with E-state index in [0.717, 1.165) is 11.3 Å². The first-order chi connectivity index (χ1) is 16.9. The Kier molecular flexibility index (Phi) is 9.24. The Morgan fingerprint density at radius 1 is 0.829 bits per heavy atom. The smallest absolute Gasteiger partial charge is 0.494 e. The number of ether oxygens (including phenoxy) is 3. The summed E-state index contributed by atoms with van der Waals surface area (Å²) in [5.41, 5.74) is 2.64. The third kappa shape index (κ3) is 8.51. The second-order valence-electron chi connectivity index (χ2n) is 7.66. The maximum Gasteiger partial charge on any atom is 0.513 e. The van der Waals surface area contributed by atoms with E-state index in [1.165, 1.54) is 24.3 Å². The van der Waals surface area contributed by atoms with Gasteiger partial charge >= 0.3 is 6.16 Å². The first kappa shape index (κ1) is 25.3. The van der Waals surface area contributed by atoms with E-state index in [-0.39, 0.29) is 24.2 Å². The number of hydrogen-bond donors (Lipinski definition) is 2. The molecule has 0 aliphatic heterocycles. The standard InChI is InChI=1S/C27H28N2O6/c1-3-33-27(32)35-24-15-11-20(12-16-24)26(31)29-22-7-4-6-21(18-22)28-25(30)8-5-17-34-23-13-9-19(2)10-14-23/h4,6-7,9-16,18H,3,5,8,17H2,1-2H3,(H,28,30)(H,29,31). The molecule has 0 unspecified atom stereocenters. The van der Waals surface area contributed by atoms with E-state index in [1.54, 1.807) is 31.2 Å². The van der Waals surface area contributed by atoms with Gasteiger partial charge in [-0.3, -0.25) is 9.59 Å². The molecule has 3 aromatic rings. The maximum absolute atomic E-state index is 12.5. The minimum Gasteiger partial charge on any atom is -0.494 e. The Balaban J connectivity index is 1.45. The number of hydrogen-bond acceptors (Lipinski definition) is 6. The fraction of sp³-hybridized carbons (Fsp3) is 0.222. The molecule has 0 aliphatic rings. The van der Waals surface area contributed by atoms with Crippen LogP contribution < -0.4 is 20.1 Å². The van der Waals surface area contributed by atoms with E-state index in [4.69, 9.17) is 14.2 Å². The lowest BCUT2D eigenvalue weighted by molar-refractivity contribution is -0.116. The first-order valence-corrected chi connectivity index (χ1v) is 11.3. The number of carbonyl (C=O) groups excluding carboxylic acids is 3. The molecule has 0 atom stereocenters. The van der Waals surface area contributed by atoms with Crippen molar-refractivity contribution < 1.29 is 28.6 Å². The van der Waals surface area contributed by atoms with Crippen molar-refractivity contribution in [3.63, 3.8) is 0 Å². The molecule has 0 saturated heterocycles. The largest absolute Gasteiger partial charge is 0.513 e. The fourth-order valence-corrected chi connectivity index (χ4v) is 3.08. The lowest BCUT2D eigenvalue weighted by Gasteiger charge is -2.10. The zero-order chi connectivity index (χ0) is 25.0. The molecular weight excluding hydrogens is 448 g/mol. The van der Waals surface area contributed by atoms with Gasteiger partial charge in [-0.05, 0) is 74.9 Å². The molecular formula is C27H28N2O6. The van der Waals surface area contributed by atoms with E-state index in [1.807, 2.05) is 31.2 Å². The highest BCUT2D eigenvalue weighted by molar-refractivity contribution is 6.04. The molecule has 3 rings (SSSR count). The van der Waals surface area contributed by atoms with Crippen LogP contribution in [-0.4, -0.2) is 31.2 Å². The van der Waals surface area contributed by atoms with E-state index in [2.05, 4.69) is 10.6 Å². The highest BCUT2D eigenvalue weighted by Gasteiger charge is 2.10. The zero-order valence-corrected chi connectivity index (χ0v) is 19.7. The number of amides is 2. The van der Waals surface area contributed by atoms with Gasteiger partial charge in [0.2, 0.25) is 5.91 Å². The molecule has 8 nitrogen and oxygen atoms in total. The van der Waals surface area contributed by atoms with Crippen LogP contribution in [0.2, 0.25) is 0 Å². The Labute approximate surface area is 204 Å². The molecule has 0 heterocycles. The third-order valence-corrected chi connectivity index (χ3v) is 4.82. The lowest BCUT2D eigenvalue weighted by Crippen LogP contribution is -2.14. The molecule has 0 aliphatic carbocycles. The van der Waals surface area contributed by atoms with Crippen LogP contribution in [0.4, 0.5) is 16.2 Å². The van der Waals surface area contributed by atoms with Gasteiger partial charge in [0.25, 0.3) is 5.91 Å². The molecule has 2 amide bonds.